The van der Waals surface area contributed by atoms with Gasteiger partial charge in [0.1, 0.15) is 11.6 Å². The maximum absolute atomic E-state index is 12.3. The molecule has 20 heavy (non-hydrogen) atoms. The topological polar surface area (TPSA) is 66.8 Å². The highest BCUT2D eigenvalue weighted by Crippen LogP contribution is 2.54. The summed E-state index contributed by atoms with van der Waals surface area (Å²) in [6.45, 7) is 5.89. The third-order valence-corrected chi connectivity index (χ3v) is 4.68. The molecule has 2 bridgehead atoms. The maximum Gasteiger partial charge on any atom is 0.411 e. The number of carbonyl (C=O) groups is 2. The van der Waals surface area contributed by atoms with Gasteiger partial charge in [0.2, 0.25) is 0 Å². The molecule has 1 N–H and O–H groups in total. The minimum atomic E-state index is -0.913. The van der Waals surface area contributed by atoms with E-state index in [0.717, 1.165) is 6.42 Å². The Morgan fingerprint density at radius 1 is 1.25 bits per heavy atom. The molecular formula is C15H21NO4. The van der Waals surface area contributed by atoms with Crippen molar-refractivity contribution >= 4 is 12.1 Å². The van der Waals surface area contributed by atoms with E-state index in [1.165, 1.54) is 4.90 Å². The molecule has 5 heteroatoms. The van der Waals surface area contributed by atoms with E-state index in [1.807, 2.05) is 0 Å². The molecule has 3 aliphatic rings. The van der Waals surface area contributed by atoms with Crippen LogP contribution >= 0.6 is 0 Å². The van der Waals surface area contributed by atoms with Gasteiger partial charge in [0, 0.05) is 12.5 Å². The highest BCUT2D eigenvalue weighted by molar-refractivity contribution is 5.81. The summed E-state index contributed by atoms with van der Waals surface area (Å²) in [5.74, 6) is 0.149. The molecule has 1 aliphatic heterocycles. The predicted octanol–water partition coefficient (Wildman–Crippen LogP) is 2.13. The molecule has 1 amide bonds. The Balaban J connectivity index is 1.83. The van der Waals surface area contributed by atoms with E-state index in [-0.39, 0.29) is 11.8 Å². The van der Waals surface area contributed by atoms with Crippen LogP contribution in [0.25, 0.3) is 0 Å². The van der Waals surface area contributed by atoms with Crippen LogP contribution in [-0.2, 0) is 9.53 Å². The summed E-state index contributed by atoms with van der Waals surface area (Å²) < 4.78 is 5.36. The van der Waals surface area contributed by atoms with Crippen molar-refractivity contribution in [2.45, 2.75) is 38.8 Å². The zero-order valence-corrected chi connectivity index (χ0v) is 12.1. The summed E-state index contributed by atoms with van der Waals surface area (Å²) in [6.07, 6.45) is 4.85. The Kier molecular flexibility index (Phi) is 2.85. The largest absolute Gasteiger partial charge is 0.480 e. The first-order chi connectivity index (χ1) is 9.28. The molecule has 0 aromatic heterocycles. The normalized spacial score (nSPS) is 38.1. The van der Waals surface area contributed by atoms with Gasteiger partial charge in [-0.3, -0.25) is 4.90 Å². The van der Waals surface area contributed by atoms with Crippen LogP contribution in [0.4, 0.5) is 4.79 Å². The standard InChI is InChI=1S/C15H21NO4/c1-15(2,3)20-14(19)16-7-10-8-4-5-9(6-8)11(10)12(16)13(17)18/h4-5,8-12H,6-7H2,1-3H3,(H,17,18)/t8-,9+,10-,11+,12+/m1/s1. The first-order valence-electron chi connectivity index (χ1n) is 7.18. The van der Waals surface area contributed by atoms with Gasteiger partial charge in [-0.25, -0.2) is 9.59 Å². The number of nitrogens with zero attached hydrogens (tertiary/aromatic N) is 1. The van der Waals surface area contributed by atoms with E-state index < -0.39 is 23.7 Å². The van der Waals surface area contributed by atoms with Crippen molar-refractivity contribution in [1.29, 1.82) is 0 Å². The smallest absolute Gasteiger partial charge is 0.411 e. The fourth-order valence-corrected chi connectivity index (χ4v) is 4.04. The number of hydrogen-bond donors (Lipinski definition) is 1. The molecule has 1 saturated carbocycles. The quantitative estimate of drug-likeness (QED) is 0.747. The number of ether oxygens (including phenoxy) is 1. The number of fused-ring (bicyclic) bond motifs is 5. The summed E-state index contributed by atoms with van der Waals surface area (Å²) in [5, 5.41) is 9.53. The maximum atomic E-state index is 12.3. The lowest BCUT2D eigenvalue weighted by Crippen LogP contribution is -2.46. The number of carboxylic acids is 1. The van der Waals surface area contributed by atoms with Gasteiger partial charge in [-0.1, -0.05) is 12.2 Å². The Hall–Kier alpha value is -1.52. The summed E-state index contributed by atoms with van der Waals surface area (Å²) >= 11 is 0. The minimum Gasteiger partial charge on any atom is -0.480 e. The fraction of sp³-hybridized carbons (Fsp3) is 0.733. The number of rotatable bonds is 1. The fourth-order valence-electron chi connectivity index (χ4n) is 4.04. The second kappa shape index (κ2) is 4.24. The van der Waals surface area contributed by atoms with Gasteiger partial charge < -0.3 is 9.84 Å². The molecule has 110 valence electrons. The molecule has 1 heterocycles. The van der Waals surface area contributed by atoms with Crippen LogP contribution in [-0.4, -0.2) is 40.3 Å². The molecule has 0 unspecified atom stereocenters. The number of hydrogen-bond acceptors (Lipinski definition) is 3. The number of amides is 1. The molecule has 0 radical (unpaired) electrons. The monoisotopic (exact) mass is 279 g/mol. The van der Waals surface area contributed by atoms with Crippen molar-refractivity contribution in [2.75, 3.05) is 6.54 Å². The van der Waals surface area contributed by atoms with Crippen molar-refractivity contribution in [1.82, 2.24) is 4.90 Å². The van der Waals surface area contributed by atoms with Gasteiger partial charge in [-0.15, -0.1) is 0 Å². The lowest BCUT2D eigenvalue weighted by Gasteiger charge is -2.29. The van der Waals surface area contributed by atoms with E-state index in [9.17, 15) is 14.7 Å². The summed E-state index contributed by atoms with van der Waals surface area (Å²) in [5.41, 5.74) is -0.602. The Morgan fingerprint density at radius 3 is 2.50 bits per heavy atom. The molecule has 0 aromatic rings. The molecule has 5 nitrogen and oxygen atoms in total. The highest BCUT2D eigenvalue weighted by Gasteiger charge is 2.58. The second-order valence-electron chi connectivity index (χ2n) is 7.11. The Bertz CT molecular complexity index is 479. The average molecular weight is 279 g/mol. The van der Waals surface area contributed by atoms with E-state index in [2.05, 4.69) is 12.2 Å². The molecule has 0 aromatic carbocycles. The number of allylic oxidation sites excluding steroid dienone is 2. The van der Waals surface area contributed by atoms with Crippen molar-refractivity contribution in [2.24, 2.45) is 23.7 Å². The zero-order chi connectivity index (χ0) is 14.7. The van der Waals surface area contributed by atoms with Crippen LogP contribution in [0.3, 0.4) is 0 Å². The third kappa shape index (κ3) is 2.00. The number of aliphatic carboxylic acids is 1. The lowest BCUT2D eigenvalue weighted by atomic mass is 9.82. The van der Waals surface area contributed by atoms with Gasteiger partial charge in [0.15, 0.2) is 0 Å². The van der Waals surface area contributed by atoms with Crippen LogP contribution in [0, 0.1) is 23.7 Å². The summed E-state index contributed by atoms with van der Waals surface area (Å²) in [4.78, 5) is 25.3. The first kappa shape index (κ1) is 13.5. The number of carbonyl (C=O) groups excluding carboxylic acids is 1. The molecule has 1 saturated heterocycles. The van der Waals surface area contributed by atoms with Crippen LogP contribution in [0.5, 0.6) is 0 Å². The van der Waals surface area contributed by atoms with E-state index in [4.69, 9.17) is 4.74 Å². The third-order valence-electron chi connectivity index (χ3n) is 4.68. The average Bonchev–Trinajstić information content (AvgIpc) is 2.97. The van der Waals surface area contributed by atoms with Crippen LogP contribution < -0.4 is 0 Å². The van der Waals surface area contributed by atoms with E-state index in [1.54, 1.807) is 20.8 Å². The zero-order valence-electron chi connectivity index (χ0n) is 12.1. The minimum absolute atomic E-state index is 0.0509. The van der Waals surface area contributed by atoms with E-state index in [0.29, 0.717) is 18.4 Å². The summed E-state index contributed by atoms with van der Waals surface area (Å²) in [6, 6.07) is -0.741. The molecular weight excluding hydrogens is 258 g/mol. The van der Waals surface area contributed by atoms with Gasteiger partial charge in [-0.2, -0.15) is 0 Å². The Labute approximate surface area is 118 Å². The lowest BCUT2D eigenvalue weighted by molar-refractivity contribution is -0.143. The SMILES string of the molecule is CC(C)(C)OC(=O)N1C[C@H]2[C@@H]([C@H]1C(=O)O)[C@H]1C=C[C@@H]2C1. The molecule has 2 fully saturated rings. The second-order valence-corrected chi connectivity index (χ2v) is 7.11. The van der Waals surface area contributed by atoms with Crippen molar-refractivity contribution < 1.29 is 19.4 Å². The summed E-state index contributed by atoms with van der Waals surface area (Å²) in [7, 11) is 0. The van der Waals surface area contributed by atoms with Crippen molar-refractivity contribution in [3.8, 4) is 0 Å². The van der Waals surface area contributed by atoms with Gasteiger partial charge in [0.05, 0.1) is 0 Å². The van der Waals surface area contributed by atoms with Gasteiger partial charge in [0.25, 0.3) is 0 Å². The van der Waals surface area contributed by atoms with Crippen LogP contribution in [0.2, 0.25) is 0 Å². The predicted molar refractivity (Wildman–Crippen MR) is 72.1 cm³/mol. The molecule has 2 aliphatic carbocycles. The van der Waals surface area contributed by atoms with Crippen molar-refractivity contribution in [3.63, 3.8) is 0 Å². The number of carboxylic acid groups (broad SMARTS) is 1. The Morgan fingerprint density at radius 2 is 1.90 bits per heavy atom. The molecule has 3 rings (SSSR count). The number of likely N-dealkylation sites (tertiary alicyclic amines) is 1. The van der Waals surface area contributed by atoms with E-state index >= 15 is 0 Å². The first-order valence-corrected chi connectivity index (χ1v) is 7.18. The molecule has 0 spiro atoms. The highest BCUT2D eigenvalue weighted by atomic mass is 16.6. The van der Waals surface area contributed by atoms with Crippen molar-refractivity contribution in [3.05, 3.63) is 12.2 Å². The van der Waals surface area contributed by atoms with Crippen LogP contribution in [0.15, 0.2) is 12.2 Å². The van der Waals surface area contributed by atoms with Crippen LogP contribution in [0.1, 0.15) is 27.2 Å². The van der Waals surface area contributed by atoms with Gasteiger partial charge >= 0.3 is 12.1 Å². The molecule has 5 atom stereocenters. The van der Waals surface area contributed by atoms with Gasteiger partial charge in [-0.05, 0) is 44.9 Å².